The first kappa shape index (κ1) is 18.0. The van der Waals surface area contributed by atoms with Crippen LogP contribution >= 0.6 is 0 Å². The molecular weight excluding hydrogens is 310 g/mol. The number of nitrogens with zero attached hydrogens (tertiary/aromatic N) is 1. The minimum absolute atomic E-state index is 0.00154. The first-order valence-electron chi connectivity index (χ1n) is 8.25. The van der Waals surface area contributed by atoms with Gasteiger partial charge in [0, 0.05) is 18.5 Å². The van der Waals surface area contributed by atoms with E-state index >= 15 is 0 Å². The van der Waals surface area contributed by atoms with Gasteiger partial charge in [-0.2, -0.15) is 0 Å². The highest BCUT2D eigenvalue weighted by Crippen LogP contribution is 2.19. The van der Waals surface area contributed by atoms with Gasteiger partial charge in [-0.25, -0.2) is 4.79 Å². The quantitative estimate of drug-likeness (QED) is 0.612. The number of amides is 1. The van der Waals surface area contributed by atoms with Gasteiger partial charge < -0.3 is 14.7 Å². The molecule has 1 N–H and O–H groups in total. The SMILES string of the molecule is CC(=O)c1ccc(OCCCC(=O)N2CCCC[C@@H]2C(=O)O)cc1. The van der Waals surface area contributed by atoms with Crippen molar-refractivity contribution in [1.29, 1.82) is 0 Å². The molecule has 1 aliphatic rings. The summed E-state index contributed by atoms with van der Waals surface area (Å²) in [4.78, 5) is 36.1. The highest BCUT2D eigenvalue weighted by atomic mass is 16.5. The second kappa shape index (κ2) is 8.47. The molecule has 0 unspecified atom stereocenters. The zero-order valence-corrected chi connectivity index (χ0v) is 13.9. The molecule has 1 amide bonds. The first-order valence-corrected chi connectivity index (χ1v) is 8.25. The topological polar surface area (TPSA) is 83.9 Å². The number of likely N-dealkylation sites (tertiary alicyclic amines) is 1. The number of benzene rings is 1. The van der Waals surface area contributed by atoms with Crippen molar-refractivity contribution in [3.05, 3.63) is 29.8 Å². The van der Waals surface area contributed by atoms with E-state index in [0.717, 1.165) is 12.8 Å². The molecule has 1 fully saturated rings. The summed E-state index contributed by atoms with van der Waals surface area (Å²) in [5.41, 5.74) is 0.627. The highest BCUT2D eigenvalue weighted by molar-refractivity contribution is 5.94. The van der Waals surface area contributed by atoms with Crippen LogP contribution in [0.1, 0.15) is 49.4 Å². The molecule has 0 radical (unpaired) electrons. The number of rotatable bonds is 7. The third-order valence-electron chi connectivity index (χ3n) is 4.17. The number of carboxylic acid groups (broad SMARTS) is 1. The molecule has 0 aromatic heterocycles. The number of aliphatic carboxylic acids is 1. The van der Waals surface area contributed by atoms with E-state index in [4.69, 9.17) is 4.74 Å². The van der Waals surface area contributed by atoms with Gasteiger partial charge in [0.25, 0.3) is 0 Å². The average molecular weight is 333 g/mol. The average Bonchev–Trinajstić information content (AvgIpc) is 2.58. The van der Waals surface area contributed by atoms with Gasteiger partial charge in [-0.3, -0.25) is 9.59 Å². The van der Waals surface area contributed by atoms with Crippen molar-refractivity contribution in [1.82, 2.24) is 4.90 Å². The molecule has 1 aromatic rings. The Bertz CT molecular complexity index is 596. The van der Waals surface area contributed by atoms with Crippen molar-refractivity contribution in [3.8, 4) is 5.75 Å². The molecular formula is C18H23NO5. The maximum Gasteiger partial charge on any atom is 0.326 e. The Labute approximate surface area is 141 Å². The normalized spacial score (nSPS) is 17.4. The van der Waals surface area contributed by atoms with Crippen molar-refractivity contribution < 1.29 is 24.2 Å². The van der Waals surface area contributed by atoms with Gasteiger partial charge in [-0.15, -0.1) is 0 Å². The molecule has 1 atom stereocenters. The minimum Gasteiger partial charge on any atom is -0.494 e. The van der Waals surface area contributed by atoms with E-state index in [1.807, 2.05) is 0 Å². The summed E-state index contributed by atoms with van der Waals surface area (Å²) in [6.45, 7) is 2.40. The van der Waals surface area contributed by atoms with E-state index in [0.29, 0.717) is 37.3 Å². The van der Waals surface area contributed by atoms with E-state index in [9.17, 15) is 19.5 Å². The third-order valence-corrected chi connectivity index (χ3v) is 4.17. The summed E-state index contributed by atoms with van der Waals surface area (Å²) < 4.78 is 5.55. The number of hydrogen-bond donors (Lipinski definition) is 1. The van der Waals surface area contributed by atoms with Crippen LogP contribution in [0.25, 0.3) is 0 Å². The molecule has 1 heterocycles. The maximum absolute atomic E-state index is 12.2. The van der Waals surface area contributed by atoms with Gasteiger partial charge >= 0.3 is 5.97 Å². The number of hydrogen-bond acceptors (Lipinski definition) is 4. The molecule has 1 aliphatic heterocycles. The van der Waals surface area contributed by atoms with E-state index in [2.05, 4.69) is 0 Å². The zero-order chi connectivity index (χ0) is 17.5. The number of carbonyl (C=O) groups is 3. The van der Waals surface area contributed by atoms with E-state index < -0.39 is 12.0 Å². The number of Topliss-reactive ketones (excluding diaryl/α,β-unsaturated/α-hetero) is 1. The van der Waals surface area contributed by atoms with Crippen LogP contribution in [0.2, 0.25) is 0 Å². The molecule has 2 rings (SSSR count). The summed E-state index contributed by atoms with van der Waals surface area (Å²) in [6, 6.07) is 6.17. The lowest BCUT2D eigenvalue weighted by atomic mass is 10.0. The Morgan fingerprint density at radius 1 is 1.21 bits per heavy atom. The van der Waals surface area contributed by atoms with Crippen LogP contribution in [-0.2, 0) is 9.59 Å². The van der Waals surface area contributed by atoms with Crippen LogP contribution in [0.3, 0.4) is 0 Å². The largest absolute Gasteiger partial charge is 0.494 e. The molecule has 130 valence electrons. The molecule has 6 nitrogen and oxygen atoms in total. The summed E-state index contributed by atoms with van der Waals surface area (Å²) in [6.07, 6.45) is 3.03. The first-order chi connectivity index (χ1) is 11.5. The highest BCUT2D eigenvalue weighted by Gasteiger charge is 2.31. The fourth-order valence-electron chi connectivity index (χ4n) is 2.83. The van der Waals surface area contributed by atoms with Crippen molar-refractivity contribution in [2.45, 2.75) is 45.1 Å². The summed E-state index contributed by atoms with van der Waals surface area (Å²) in [7, 11) is 0. The van der Waals surface area contributed by atoms with Crippen LogP contribution in [0.15, 0.2) is 24.3 Å². The lowest BCUT2D eigenvalue weighted by molar-refractivity contribution is -0.152. The lowest BCUT2D eigenvalue weighted by Crippen LogP contribution is -2.47. The summed E-state index contributed by atoms with van der Waals surface area (Å²) in [5, 5.41) is 9.20. The van der Waals surface area contributed by atoms with Crippen molar-refractivity contribution in [2.24, 2.45) is 0 Å². The van der Waals surface area contributed by atoms with Crippen LogP contribution in [0.4, 0.5) is 0 Å². The molecule has 6 heteroatoms. The molecule has 0 saturated carbocycles. The Morgan fingerprint density at radius 2 is 1.92 bits per heavy atom. The van der Waals surface area contributed by atoms with Crippen LogP contribution in [-0.4, -0.2) is 46.9 Å². The van der Waals surface area contributed by atoms with E-state index in [-0.39, 0.29) is 18.1 Å². The zero-order valence-electron chi connectivity index (χ0n) is 13.9. The van der Waals surface area contributed by atoms with Crippen LogP contribution in [0, 0.1) is 0 Å². The molecule has 0 spiro atoms. The molecule has 24 heavy (non-hydrogen) atoms. The van der Waals surface area contributed by atoms with Crippen molar-refractivity contribution in [2.75, 3.05) is 13.2 Å². The number of ketones is 1. The predicted octanol–water partition coefficient (Wildman–Crippen LogP) is 2.51. The fourth-order valence-corrected chi connectivity index (χ4v) is 2.83. The Kier molecular flexibility index (Phi) is 6.35. The third kappa shape index (κ3) is 4.81. The molecule has 1 saturated heterocycles. The Morgan fingerprint density at radius 3 is 2.54 bits per heavy atom. The summed E-state index contributed by atoms with van der Waals surface area (Å²) in [5.74, 6) is -0.405. The minimum atomic E-state index is -0.926. The fraction of sp³-hybridized carbons (Fsp3) is 0.500. The van der Waals surface area contributed by atoms with Gasteiger partial charge in [-0.05, 0) is 56.9 Å². The van der Waals surface area contributed by atoms with Gasteiger partial charge in [0.1, 0.15) is 11.8 Å². The number of carbonyl (C=O) groups excluding carboxylic acids is 2. The summed E-state index contributed by atoms with van der Waals surface area (Å²) >= 11 is 0. The molecule has 0 aliphatic carbocycles. The van der Waals surface area contributed by atoms with E-state index in [1.165, 1.54) is 11.8 Å². The number of ether oxygens (including phenoxy) is 1. The van der Waals surface area contributed by atoms with Gasteiger partial charge in [0.15, 0.2) is 5.78 Å². The Balaban J connectivity index is 1.76. The van der Waals surface area contributed by atoms with E-state index in [1.54, 1.807) is 24.3 Å². The van der Waals surface area contributed by atoms with Gasteiger partial charge in [0.05, 0.1) is 6.61 Å². The Hall–Kier alpha value is -2.37. The lowest BCUT2D eigenvalue weighted by Gasteiger charge is -2.33. The monoisotopic (exact) mass is 333 g/mol. The standard InChI is InChI=1S/C18H23NO5/c1-13(20)14-7-9-15(10-8-14)24-12-4-6-17(21)19-11-3-2-5-16(19)18(22)23/h7-10,16H,2-6,11-12H2,1H3,(H,22,23)/t16-/m1/s1. The van der Waals surface area contributed by atoms with Gasteiger partial charge in [-0.1, -0.05) is 0 Å². The van der Waals surface area contributed by atoms with Gasteiger partial charge in [0.2, 0.25) is 5.91 Å². The van der Waals surface area contributed by atoms with Crippen LogP contribution < -0.4 is 4.74 Å². The second-order valence-electron chi connectivity index (χ2n) is 5.97. The predicted molar refractivity (Wildman–Crippen MR) is 88.2 cm³/mol. The number of carboxylic acids is 1. The maximum atomic E-state index is 12.2. The molecule has 1 aromatic carbocycles. The smallest absolute Gasteiger partial charge is 0.326 e. The number of piperidine rings is 1. The van der Waals surface area contributed by atoms with Crippen molar-refractivity contribution in [3.63, 3.8) is 0 Å². The van der Waals surface area contributed by atoms with Crippen LogP contribution in [0.5, 0.6) is 5.75 Å². The second-order valence-corrected chi connectivity index (χ2v) is 5.97. The van der Waals surface area contributed by atoms with Crippen molar-refractivity contribution >= 4 is 17.7 Å². The molecule has 0 bridgehead atoms.